The van der Waals surface area contributed by atoms with Crippen molar-refractivity contribution in [2.75, 3.05) is 38.2 Å². The average molecular weight is 442 g/mol. The van der Waals surface area contributed by atoms with E-state index in [4.69, 9.17) is 9.26 Å². The van der Waals surface area contributed by atoms with Crippen molar-refractivity contribution in [3.05, 3.63) is 48.5 Å². The highest BCUT2D eigenvalue weighted by Gasteiger charge is 2.31. The zero-order chi connectivity index (χ0) is 21.4. The molecule has 1 aromatic carbocycles. The number of rotatable bonds is 6. The van der Waals surface area contributed by atoms with E-state index in [9.17, 15) is 8.42 Å². The van der Waals surface area contributed by atoms with Crippen LogP contribution in [0.3, 0.4) is 0 Å². The Morgan fingerprint density at radius 1 is 1.06 bits per heavy atom. The first kappa shape index (κ1) is 20.0. The van der Waals surface area contributed by atoms with Crippen LogP contribution in [0.1, 0.15) is 24.7 Å². The Morgan fingerprint density at radius 3 is 2.52 bits per heavy atom. The first-order valence-corrected chi connectivity index (χ1v) is 11.7. The monoisotopic (exact) mass is 441 g/mol. The van der Waals surface area contributed by atoms with Gasteiger partial charge < -0.3 is 14.2 Å². The van der Waals surface area contributed by atoms with Crippen LogP contribution in [0.5, 0.6) is 5.75 Å². The quantitative estimate of drug-likeness (QED) is 0.575. The second-order valence-electron chi connectivity index (χ2n) is 7.68. The van der Waals surface area contributed by atoms with Gasteiger partial charge in [0.05, 0.1) is 7.11 Å². The first-order valence-electron chi connectivity index (χ1n) is 10.2. The summed E-state index contributed by atoms with van der Waals surface area (Å²) in [4.78, 5) is 11.3. The Balaban J connectivity index is 1.26. The van der Waals surface area contributed by atoms with Crippen LogP contribution >= 0.6 is 0 Å². The second kappa shape index (κ2) is 7.93. The lowest BCUT2D eigenvalue weighted by molar-refractivity contribution is 0.373. The third-order valence-corrected chi connectivity index (χ3v) is 7.56. The fraction of sp³-hybridized carbons (Fsp3) is 0.381. The molecule has 10 heteroatoms. The van der Waals surface area contributed by atoms with E-state index in [1.54, 1.807) is 30.5 Å². The molecule has 0 spiro atoms. The summed E-state index contributed by atoms with van der Waals surface area (Å²) in [7, 11) is -2.14. The Morgan fingerprint density at radius 2 is 1.84 bits per heavy atom. The summed E-state index contributed by atoms with van der Waals surface area (Å²) in [5.41, 5.74) is 0.803. The summed E-state index contributed by atoms with van der Waals surface area (Å²) in [5, 5.41) is 4.05. The van der Waals surface area contributed by atoms with E-state index in [1.165, 1.54) is 11.4 Å². The fourth-order valence-corrected chi connectivity index (χ4v) is 5.26. The summed E-state index contributed by atoms with van der Waals surface area (Å²) >= 11 is 0. The van der Waals surface area contributed by atoms with Gasteiger partial charge in [-0.3, -0.25) is 0 Å². The van der Waals surface area contributed by atoms with Crippen LogP contribution in [-0.4, -0.2) is 61.1 Å². The van der Waals surface area contributed by atoms with E-state index in [2.05, 4.69) is 20.0 Å². The zero-order valence-corrected chi connectivity index (χ0v) is 18.0. The molecule has 0 unspecified atom stereocenters. The van der Waals surface area contributed by atoms with E-state index in [-0.39, 0.29) is 4.90 Å². The number of anilines is 1. The summed E-state index contributed by atoms with van der Waals surface area (Å²) in [6, 6.07) is 10.5. The van der Waals surface area contributed by atoms with Crippen molar-refractivity contribution in [3.8, 4) is 17.1 Å². The topological polar surface area (TPSA) is 102 Å². The van der Waals surface area contributed by atoms with Crippen LogP contribution in [0.15, 0.2) is 52.0 Å². The summed E-state index contributed by atoms with van der Waals surface area (Å²) < 4.78 is 38.2. The first-order chi connectivity index (χ1) is 15.1. The molecule has 0 radical (unpaired) electrons. The van der Waals surface area contributed by atoms with E-state index in [1.807, 2.05) is 12.1 Å². The third-order valence-electron chi connectivity index (χ3n) is 5.62. The van der Waals surface area contributed by atoms with Crippen LogP contribution in [0, 0.1) is 0 Å². The lowest BCUT2D eigenvalue weighted by Gasteiger charge is -2.34. The van der Waals surface area contributed by atoms with E-state index >= 15 is 0 Å². The number of hydrogen-bond acceptors (Lipinski definition) is 8. The Kier molecular flexibility index (Phi) is 5.11. The SMILES string of the molecule is COc1ccccc1S(=O)(=O)N1CCN(c2ccc(-c3noc(C4CC4)n3)cn2)CC1. The molecule has 9 nitrogen and oxygen atoms in total. The second-order valence-corrected chi connectivity index (χ2v) is 9.58. The predicted molar refractivity (Wildman–Crippen MR) is 113 cm³/mol. The normalized spacial score (nSPS) is 17.6. The van der Waals surface area contributed by atoms with Gasteiger partial charge in [0.1, 0.15) is 16.5 Å². The largest absolute Gasteiger partial charge is 0.495 e. The van der Waals surface area contributed by atoms with Crippen molar-refractivity contribution in [2.45, 2.75) is 23.7 Å². The maximum absolute atomic E-state index is 13.1. The summed E-state index contributed by atoms with van der Waals surface area (Å²) in [6.07, 6.45) is 3.95. The molecule has 2 aromatic heterocycles. The van der Waals surface area contributed by atoms with Crippen molar-refractivity contribution in [3.63, 3.8) is 0 Å². The molecule has 0 N–H and O–H groups in total. The van der Waals surface area contributed by atoms with Gasteiger partial charge >= 0.3 is 0 Å². The molecular formula is C21H23N5O4S. The number of benzene rings is 1. The van der Waals surface area contributed by atoms with Gasteiger partial charge in [0.15, 0.2) is 0 Å². The van der Waals surface area contributed by atoms with Gasteiger partial charge in [0.2, 0.25) is 21.7 Å². The van der Waals surface area contributed by atoms with Gasteiger partial charge in [0.25, 0.3) is 0 Å². The number of sulfonamides is 1. The Labute approximate surface area is 180 Å². The van der Waals surface area contributed by atoms with E-state index < -0.39 is 10.0 Å². The minimum absolute atomic E-state index is 0.194. The smallest absolute Gasteiger partial charge is 0.246 e. The van der Waals surface area contributed by atoms with Gasteiger partial charge in [-0.2, -0.15) is 9.29 Å². The molecule has 2 fully saturated rings. The molecule has 1 saturated heterocycles. The number of ether oxygens (including phenoxy) is 1. The van der Waals surface area contributed by atoms with Crippen LogP contribution < -0.4 is 9.64 Å². The number of para-hydroxylation sites is 1. The van der Waals surface area contributed by atoms with Gasteiger partial charge in [-0.15, -0.1) is 0 Å². The Bertz CT molecular complexity index is 1170. The lowest BCUT2D eigenvalue weighted by Crippen LogP contribution is -2.48. The average Bonchev–Trinajstić information content (AvgIpc) is 3.55. The molecule has 1 saturated carbocycles. The maximum atomic E-state index is 13.1. The van der Waals surface area contributed by atoms with Crippen molar-refractivity contribution in [2.24, 2.45) is 0 Å². The number of aromatic nitrogens is 3. The van der Waals surface area contributed by atoms with E-state index in [0.29, 0.717) is 49.6 Å². The third kappa shape index (κ3) is 3.88. The zero-order valence-electron chi connectivity index (χ0n) is 17.1. The number of piperazine rings is 1. The van der Waals surface area contributed by atoms with Crippen molar-refractivity contribution >= 4 is 15.8 Å². The standard InChI is InChI=1S/C21H23N5O4S/c1-29-17-4-2-3-5-18(17)31(27,28)26-12-10-25(11-13-26)19-9-8-16(14-22-19)20-23-21(30-24-20)15-6-7-15/h2-5,8-9,14-15H,6-7,10-13H2,1H3. The molecule has 0 atom stereocenters. The number of methoxy groups -OCH3 is 1. The highest BCUT2D eigenvalue weighted by Crippen LogP contribution is 2.39. The fourth-order valence-electron chi connectivity index (χ4n) is 3.68. The van der Waals surface area contributed by atoms with Gasteiger partial charge in [-0.05, 0) is 37.1 Å². The van der Waals surface area contributed by atoms with Crippen LogP contribution in [0.4, 0.5) is 5.82 Å². The van der Waals surface area contributed by atoms with E-state index in [0.717, 1.165) is 24.2 Å². The van der Waals surface area contributed by atoms with Crippen LogP contribution in [0.2, 0.25) is 0 Å². The number of pyridine rings is 1. The number of nitrogens with zero attached hydrogens (tertiary/aromatic N) is 5. The lowest BCUT2D eigenvalue weighted by atomic mass is 10.2. The molecule has 1 aliphatic heterocycles. The van der Waals surface area contributed by atoms with Crippen LogP contribution in [-0.2, 0) is 10.0 Å². The van der Waals surface area contributed by atoms with Crippen LogP contribution in [0.25, 0.3) is 11.4 Å². The highest BCUT2D eigenvalue weighted by atomic mass is 32.2. The minimum atomic E-state index is -3.62. The molecule has 3 heterocycles. The molecule has 31 heavy (non-hydrogen) atoms. The molecule has 0 bridgehead atoms. The molecule has 0 amide bonds. The highest BCUT2D eigenvalue weighted by molar-refractivity contribution is 7.89. The molecule has 162 valence electrons. The van der Waals surface area contributed by atoms with Crippen molar-refractivity contribution < 1.29 is 17.7 Å². The van der Waals surface area contributed by atoms with Crippen molar-refractivity contribution in [1.29, 1.82) is 0 Å². The molecular weight excluding hydrogens is 418 g/mol. The Hall–Kier alpha value is -2.98. The molecule has 5 rings (SSSR count). The summed E-state index contributed by atoms with van der Waals surface area (Å²) in [5.74, 6) is 2.81. The number of hydrogen-bond donors (Lipinski definition) is 0. The molecule has 1 aliphatic carbocycles. The van der Waals surface area contributed by atoms with Gasteiger partial charge in [-0.25, -0.2) is 13.4 Å². The van der Waals surface area contributed by atoms with Crippen molar-refractivity contribution in [1.82, 2.24) is 19.4 Å². The predicted octanol–water partition coefficient (Wildman–Crippen LogP) is 2.53. The molecule has 2 aliphatic rings. The summed E-state index contributed by atoms with van der Waals surface area (Å²) in [6.45, 7) is 1.85. The maximum Gasteiger partial charge on any atom is 0.246 e. The minimum Gasteiger partial charge on any atom is -0.495 e. The van der Waals surface area contributed by atoms with Gasteiger partial charge in [-0.1, -0.05) is 17.3 Å². The molecule has 3 aromatic rings. The van der Waals surface area contributed by atoms with Gasteiger partial charge in [0, 0.05) is 43.9 Å².